The minimum absolute atomic E-state index is 0.0808. The molecule has 1 aromatic rings. The summed E-state index contributed by atoms with van der Waals surface area (Å²) in [5.41, 5.74) is 5.50. The summed E-state index contributed by atoms with van der Waals surface area (Å²) in [5, 5.41) is 0. The van der Waals surface area contributed by atoms with E-state index in [2.05, 4.69) is 0 Å². The number of halogens is 3. The fourth-order valence-corrected chi connectivity index (χ4v) is 1.70. The average Bonchev–Trinajstić information content (AvgIpc) is 2.27. The zero-order valence-electron chi connectivity index (χ0n) is 9.84. The highest BCUT2D eigenvalue weighted by atomic mass is 19.4. The molecule has 0 heterocycles. The monoisotopic (exact) mass is 247 g/mol. The van der Waals surface area contributed by atoms with Crippen LogP contribution in [0.2, 0.25) is 0 Å². The standard InChI is InChI=1S/C12H16F3NO/c1-8(5-6-16)10-4-3-9(12(13,14)15)7-11(10)17-2/h3-4,7-8H,5-6,16H2,1-2H3. The van der Waals surface area contributed by atoms with Gasteiger partial charge in [-0.3, -0.25) is 0 Å². The lowest BCUT2D eigenvalue weighted by atomic mass is 9.95. The van der Waals surface area contributed by atoms with Crippen LogP contribution in [0.15, 0.2) is 18.2 Å². The molecule has 96 valence electrons. The molecule has 0 radical (unpaired) electrons. The molecule has 1 atom stereocenters. The fraction of sp³-hybridized carbons (Fsp3) is 0.500. The van der Waals surface area contributed by atoms with Gasteiger partial charge in [0.15, 0.2) is 0 Å². The molecule has 5 heteroatoms. The summed E-state index contributed by atoms with van der Waals surface area (Å²) in [6.45, 7) is 2.41. The van der Waals surface area contributed by atoms with Crippen molar-refractivity contribution in [3.05, 3.63) is 29.3 Å². The van der Waals surface area contributed by atoms with Crippen molar-refractivity contribution >= 4 is 0 Å². The second-order valence-corrected chi connectivity index (χ2v) is 3.93. The largest absolute Gasteiger partial charge is 0.496 e. The van der Waals surface area contributed by atoms with Gasteiger partial charge < -0.3 is 10.5 Å². The Morgan fingerprint density at radius 2 is 2.00 bits per heavy atom. The van der Waals surface area contributed by atoms with Crippen LogP contribution >= 0.6 is 0 Å². The maximum Gasteiger partial charge on any atom is 0.416 e. The average molecular weight is 247 g/mol. The van der Waals surface area contributed by atoms with Crippen molar-refractivity contribution in [2.45, 2.75) is 25.4 Å². The topological polar surface area (TPSA) is 35.2 Å². The fourth-order valence-electron chi connectivity index (χ4n) is 1.70. The van der Waals surface area contributed by atoms with E-state index in [4.69, 9.17) is 10.5 Å². The molecule has 0 aliphatic heterocycles. The SMILES string of the molecule is COc1cc(C(F)(F)F)ccc1C(C)CCN. The second kappa shape index (κ2) is 5.40. The molecule has 0 bridgehead atoms. The molecule has 0 spiro atoms. The first-order valence-electron chi connectivity index (χ1n) is 5.35. The van der Waals surface area contributed by atoms with Gasteiger partial charge >= 0.3 is 6.18 Å². The maximum absolute atomic E-state index is 12.5. The zero-order chi connectivity index (χ0) is 13.1. The number of nitrogens with two attached hydrogens (primary N) is 1. The van der Waals surface area contributed by atoms with Gasteiger partial charge in [0.2, 0.25) is 0 Å². The molecule has 0 fully saturated rings. The molecule has 0 amide bonds. The van der Waals surface area contributed by atoms with Crippen molar-refractivity contribution in [3.63, 3.8) is 0 Å². The minimum Gasteiger partial charge on any atom is -0.496 e. The van der Waals surface area contributed by atoms with Gasteiger partial charge in [-0.15, -0.1) is 0 Å². The highest BCUT2D eigenvalue weighted by molar-refractivity contribution is 5.40. The summed E-state index contributed by atoms with van der Waals surface area (Å²) in [5.74, 6) is 0.345. The number of rotatable bonds is 4. The Hall–Kier alpha value is -1.23. The van der Waals surface area contributed by atoms with Gasteiger partial charge in [0.05, 0.1) is 12.7 Å². The Morgan fingerprint density at radius 3 is 2.47 bits per heavy atom. The van der Waals surface area contributed by atoms with E-state index in [1.165, 1.54) is 13.2 Å². The minimum atomic E-state index is -4.34. The molecule has 1 rings (SSSR count). The molecule has 17 heavy (non-hydrogen) atoms. The van der Waals surface area contributed by atoms with Crippen molar-refractivity contribution in [1.82, 2.24) is 0 Å². The lowest BCUT2D eigenvalue weighted by Gasteiger charge is -2.17. The van der Waals surface area contributed by atoms with E-state index >= 15 is 0 Å². The Kier molecular flexibility index (Phi) is 4.40. The van der Waals surface area contributed by atoms with Crippen molar-refractivity contribution in [1.29, 1.82) is 0 Å². The number of hydrogen-bond donors (Lipinski definition) is 1. The first-order valence-corrected chi connectivity index (χ1v) is 5.35. The van der Waals surface area contributed by atoms with Crippen molar-refractivity contribution in [3.8, 4) is 5.75 Å². The van der Waals surface area contributed by atoms with Gasteiger partial charge in [-0.1, -0.05) is 13.0 Å². The third-order valence-corrected chi connectivity index (χ3v) is 2.69. The lowest BCUT2D eigenvalue weighted by molar-refractivity contribution is -0.137. The lowest BCUT2D eigenvalue weighted by Crippen LogP contribution is -2.09. The van der Waals surface area contributed by atoms with Gasteiger partial charge in [0.1, 0.15) is 5.75 Å². The van der Waals surface area contributed by atoms with Gasteiger partial charge in [0, 0.05) is 0 Å². The van der Waals surface area contributed by atoms with Crippen molar-refractivity contribution < 1.29 is 17.9 Å². The van der Waals surface area contributed by atoms with E-state index in [9.17, 15) is 13.2 Å². The third-order valence-electron chi connectivity index (χ3n) is 2.69. The predicted octanol–water partition coefficient (Wildman–Crippen LogP) is 3.17. The predicted molar refractivity (Wildman–Crippen MR) is 60.1 cm³/mol. The number of ether oxygens (including phenoxy) is 1. The van der Waals surface area contributed by atoms with Crippen LogP contribution in [-0.4, -0.2) is 13.7 Å². The van der Waals surface area contributed by atoms with E-state index in [-0.39, 0.29) is 11.7 Å². The Morgan fingerprint density at radius 1 is 1.35 bits per heavy atom. The van der Waals surface area contributed by atoms with Gasteiger partial charge in [-0.25, -0.2) is 0 Å². The van der Waals surface area contributed by atoms with E-state index in [1.54, 1.807) is 0 Å². The summed E-state index contributed by atoms with van der Waals surface area (Å²) in [7, 11) is 1.37. The highest BCUT2D eigenvalue weighted by Gasteiger charge is 2.31. The quantitative estimate of drug-likeness (QED) is 0.887. The van der Waals surface area contributed by atoms with Crippen LogP contribution in [0.4, 0.5) is 13.2 Å². The van der Waals surface area contributed by atoms with Crippen molar-refractivity contribution in [2.75, 3.05) is 13.7 Å². The third kappa shape index (κ3) is 3.36. The zero-order valence-corrected chi connectivity index (χ0v) is 9.84. The van der Waals surface area contributed by atoms with Crippen LogP contribution in [0.1, 0.15) is 30.4 Å². The molecule has 2 N–H and O–H groups in total. The van der Waals surface area contributed by atoms with Gasteiger partial charge in [-0.05, 0) is 36.6 Å². The Balaban J connectivity index is 3.10. The summed E-state index contributed by atoms with van der Waals surface area (Å²) in [4.78, 5) is 0. The molecule has 0 aromatic heterocycles. The molecule has 0 saturated carbocycles. The number of hydrogen-bond acceptors (Lipinski definition) is 2. The van der Waals surface area contributed by atoms with E-state index < -0.39 is 11.7 Å². The van der Waals surface area contributed by atoms with Crippen LogP contribution in [0, 0.1) is 0 Å². The van der Waals surface area contributed by atoms with Crippen molar-refractivity contribution in [2.24, 2.45) is 5.73 Å². The van der Waals surface area contributed by atoms with E-state index in [0.29, 0.717) is 13.0 Å². The smallest absolute Gasteiger partial charge is 0.416 e. The Labute approximate surface area is 98.6 Å². The number of alkyl halides is 3. The van der Waals surface area contributed by atoms with Crippen LogP contribution < -0.4 is 10.5 Å². The van der Waals surface area contributed by atoms with E-state index in [0.717, 1.165) is 17.7 Å². The molecule has 0 aliphatic carbocycles. The first kappa shape index (κ1) is 13.8. The maximum atomic E-state index is 12.5. The van der Waals surface area contributed by atoms with Crippen LogP contribution in [-0.2, 0) is 6.18 Å². The highest BCUT2D eigenvalue weighted by Crippen LogP contribution is 2.35. The summed E-state index contributed by atoms with van der Waals surface area (Å²) in [6.07, 6.45) is -3.63. The van der Waals surface area contributed by atoms with Gasteiger partial charge in [-0.2, -0.15) is 13.2 Å². The molecular formula is C12H16F3NO. The summed E-state index contributed by atoms with van der Waals surface area (Å²) < 4.78 is 42.5. The second-order valence-electron chi connectivity index (χ2n) is 3.93. The van der Waals surface area contributed by atoms with Crippen LogP contribution in [0.5, 0.6) is 5.75 Å². The normalized spacial score (nSPS) is 13.5. The van der Waals surface area contributed by atoms with Gasteiger partial charge in [0.25, 0.3) is 0 Å². The van der Waals surface area contributed by atoms with E-state index in [1.807, 2.05) is 6.92 Å². The Bertz CT molecular complexity index is 377. The summed E-state index contributed by atoms with van der Waals surface area (Å²) >= 11 is 0. The molecule has 2 nitrogen and oxygen atoms in total. The molecule has 1 aromatic carbocycles. The number of methoxy groups -OCH3 is 1. The van der Waals surface area contributed by atoms with Crippen LogP contribution in [0.3, 0.4) is 0 Å². The molecule has 0 aliphatic rings. The molecule has 1 unspecified atom stereocenters. The molecule has 0 saturated heterocycles. The van der Waals surface area contributed by atoms with Crippen LogP contribution in [0.25, 0.3) is 0 Å². The summed E-state index contributed by atoms with van der Waals surface area (Å²) in [6, 6.07) is 3.56. The molecular weight excluding hydrogens is 231 g/mol. The first-order chi connectivity index (χ1) is 7.90. The number of benzene rings is 1.